The van der Waals surface area contributed by atoms with Crippen LogP contribution in [0.4, 0.5) is 0 Å². The number of carbonyl (C=O) groups excluding carboxylic acids is 1. The van der Waals surface area contributed by atoms with Crippen LogP contribution in [0.25, 0.3) is 0 Å². The highest BCUT2D eigenvalue weighted by Crippen LogP contribution is 2.72. The van der Waals surface area contributed by atoms with Gasteiger partial charge in [-0.05, 0) is 25.7 Å². The normalized spacial score (nSPS) is 53.7. The van der Waals surface area contributed by atoms with Gasteiger partial charge in [-0.25, -0.2) is 0 Å². The summed E-state index contributed by atoms with van der Waals surface area (Å²) in [6, 6.07) is 0. The molecular weight excluding hydrogens is 320 g/mol. The molecule has 3 fully saturated rings. The largest absolute Gasteiger partial charge is 0.384 e. The summed E-state index contributed by atoms with van der Waals surface area (Å²) in [6.07, 6.45) is 6.44. The van der Waals surface area contributed by atoms with Gasteiger partial charge >= 0.3 is 0 Å². The van der Waals surface area contributed by atoms with Crippen LogP contribution in [0, 0.1) is 16.2 Å². The molecule has 2 bridgehead atoms. The number of aliphatic hydroxyl groups is 3. The van der Waals surface area contributed by atoms with E-state index in [9.17, 15) is 20.1 Å². The van der Waals surface area contributed by atoms with Crippen LogP contribution in [0.1, 0.15) is 52.9 Å². The second kappa shape index (κ2) is 4.45. The molecule has 3 N–H and O–H groups in total. The summed E-state index contributed by atoms with van der Waals surface area (Å²) in [4.78, 5) is 13.3. The summed E-state index contributed by atoms with van der Waals surface area (Å²) in [5, 5.41) is 34.9. The smallest absolute Gasteiger partial charge is 0.262 e. The lowest BCUT2D eigenvalue weighted by Gasteiger charge is -2.66. The molecule has 25 heavy (non-hydrogen) atoms. The third-order valence-corrected chi connectivity index (χ3v) is 7.85. The number of carbonyl (C=O) groups is 1. The van der Waals surface area contributed by atoms with E-state index < -0.39 is 39.0 Å². The van der Waals surface area contributed by atoms with E-state index in [1.807, 2.05) is 20.8 Å². The van der Waals surface area contributed by atoms with Gasteiger partial charge in [0.25, 0.3) is 5.79 Å². The molecule has 1 heterocycles. The van der Waals surface area contributed by atoms with Crippen LogP contribution in [0.2, 0.25) is 0 Å². The predicted molar refractivity (Wildman–Crippen MR) is 91.5 cm³/mol. The highest BCUT2D eigenvalue weighted by Gasteiger charge is 2.86. The standard InChI is InChI=1S/C20H28O5/c1-5-16(4)9-10-18(22)13(11-16)14(21)19(23)20(24)15(2,3)7-6-8-17(18,20)12-25-19/h5,11,22-24H,1,6-10,12H2,2-4H3/t16-,17+,18-,19-,20-/m1/s1. The zero-order chi connectivity index (χ0) is 18.5. The molecule has 2 saturated carbocycles. The van der Waals surface area contributed by atoms with Crippen molar-refractivity contribution in [2.45, 2.75) is 69.9 Å². The number of ether oxygens (including phenoxy) is 1. The Morgan fingerprint density at radius 3 is 2.44 bits per heavy atom. The maximum absolute atomic E-state index is 13.3. The Morgan fingerprint density at radius 1 is 1.12 bits per heavy atom. The van der Waals surface area contributed by atoms with Crippen LogP contribution in [-0.4, -0.2) is 44.7 Å². The number of hydrogen-bond donors (Lipinski definition) is 3. The number of rotatable bonds is 1. The van der Waals surface area contributed by atoms with Gasteiger partial charge in [0.2, 0.25) is 5.78 Å². The molecule has 1 saturated heterocycles. The SMILES string of the molecule is C=C[C@@]1(C)C=C2C(=O)[C@@]3(O)OC[C@@]4(CCCC(C)(C)[C@@]43O)[C@@]2(O)CC1. The van der Waals surface area contributed by atoms with Crippen LogP contribution in [0.15, 0.2) is 24.3 Å². The molecule has 4 aliphatic rings. The molecule has 0 unspecified atom stereocenters. The monoisotopic (exact) mass is 348 g/mol. The van der Waals surface area contributed by atoms with Gasteiger partial charge in [0.1, 0.15) is 11.2 Å². The van der Waals surface area contributed by atoms with E-state index in [4.69, 9.17) is 4.74 Å². The van der Waals surface area contributed by atoms with Gasteiger partial charge in [-0.1, -0.05) is 39.3 Å². The van der Waals surface area contributed by atoms with Crippen molar-refractivity contribution in [1.82, 2.24) is 0 Å². The van der Waals surface area contributed by atoms with Gasteiger partial charge in [0, 0.05) is 16.4 Å². The van der Waals surface area contributed by atoms with Crippen molar-refractivity contribution in [3.63, 3.8) is 0 Å². The fourth-order valence-corrected chi connectivity index (χ4v) is 6.19. The molecule has 5 nitrogen and oxygen atoms in total. The first-order chi connectivity index (χ1) is 11.4. The maximum Gasteiger partial charge on any atom is 0.262 e. The molecule has 0 aromatic carbocycles. The number of allylic oxidation sites excluding steroid dienone is 2. The molecule has 0 aromatic heterocycles. The van der Waals surface area contributed by atoms with Gasteiger partial charge in [-0.15, -0.1) is 6.58 Å². The molecule has 0 spiro atoms. The van der Waals surface area contributed by atoms with E-state index in [0.29, 0.717) is 25.7 Å². The van der Waals surface area contributed by atoms with Crippen molar-refractivity contribution in [2.75, 3.05) is 6.61 Å². The molecule has 5 atom stereocenters. The van der Waals surface area contributed by atoms with E-state index in [-0.39, 0.29) is 12.2 Å². The number of fused-ring (bicyclic) bond motifs is 1. The Morgan fingerprint density at radius 2 is 1.80 bits per heavy atom. The number of ketones is 1. The van der Waals surface area contributed by atoms with Gasteiger partial charge in [0.15, 0.2) is 0 Å². The lowest BCUT2D eigenvalue weighted by molar-refractivity contribution is -0.319. The topological polar surface area (TPSA) is 87.0 Å². The Balaban J connectivity index is 2.04. The van der Waals surface area contributed by atoms with E-state index in [0.717, 1.165) is 6.42 Å². The van der Waals surface area contributed by atoms with Crippen LogP contribution in [0.3, 0.4) is 0 Å². The van der Waals surface area contributed by atoms with E-state index in [2.05, 4.69) is 6.58 Å². The fourth-order valence-electron chi connectivity index (χ4n) is 6.19. The summed E-state index contributed by atoms with van der Waals surface area (Å²) in [7, 11) is 0. The first-order valence-electron chi connectivity index (χ1n) is 9.16. The minimum Gasteiger partial charge on any atom is -0.384 e. The van der Waals surface area contributed by atoms with E-state index in [1.54, 1.807) is 12.2 Å². The molecular formula is C20H28O5. The van der Waals surface area contributed by atoms with Crippen molar-refractivity contribution in [1.29, 1.82) is 0 Å². The van der Waals surface area contributed by atoms with Crippen LogP contribution in [0.5, 0.6) is 0 Å². The summed E-state index contributed by atoms with van der Waals surface area (Å²) < 4.78 is 5.64. The predicted octanol–water partition coefficient (Wildman–Crippen LogP) is 1.86. The lowest BCUT2D eigenvalue weighted by Crippen LogP contribution is -2.80. The summed E-state index contributed by atoms with van der Waals surface area (Å²) in [6.45, 7) is 9.48. The molecule has 1 aliphatic heterocycles. The zero-order valence-electron chi connectivity index (χ0n) is 15.3. The first kappa shape index (κ1) is 17.4. The van der Waals surface area contributed by atoms with Gasteiger partial charge in [0.05, 0.1) is 12.0 Å². The van der Waals surface area contributed by atoms with Gasteiger partial charge in [-0.3, -0.25) is 4.79 Å². The number of Topliss-reactive ketones (excluding diaryl/α,β-unsaturated/α-hetero) is 1. The van der Waals surface area contributed by atoms with Crippen molar-refractivity contribution in [2.24, 2.45) is 16.2 Å². The summed E-state index contributed by atoms with van der Waals surface area (Å²) >= 11 is 0. The second-order valence-corrected chi connectivity index (χ2v) is 9.42. The van der Waals surface area contributed by atoms with Crippen molar-refractivity contribution >= 4 is 5.78 Å². The van der Waals surface area contributed by atoms with Crippen molar-refractivity contribution < 1.29 is 24.9 Å². The second-order valence-electron chi connectivity index (χ2n) is 9.42. The van der Waals surface area contributed by atoms with Crippen molar-refractivity contribution in [3.8, 4) is 0 Å². The average Bonchev–Trinajstić information content (AvgIpc) is 2.78. The quantitative estimate of drug-likeness (QED) is 0.630. The molecule has 5 heteroatoms. The van der Waals surface area contributed by atoms with E-state index >= 15 is 0 Å². The fraction of sp³-hybridized carbons (Fsp3) is 0.750. The molecule has 0 aromatic rings. The van der Waals surface area contributed by atoms with Gasteiger partial charge < -0.3 is 20.1 Å². The Labute approximate surface area is 148 Å². The third kappa shape index (κ3) is 1.54. The molecule has 0 radical (unpaired) electrons. The minimum atomic E-state index is -2.31. The zero-order valence-corrected chi connectivity index (χ0v) is 15.3. The number of hydrogen-bond acceptors (Lipinski definition) is 5. The molecule has 0 amide bonds. The van der Waals surface area contributed by atoms with E-state index in [1.165, 1.54) is 0 Å². The van der Waals surface area contributed by atoms with Crippen molar-refractivity contribution in [3.05, 3.63) is 24.3 Å². The summed E-state index contributed by atoms with van der Waals surface area (Å²) in [5.74, 6) is -3.01. The van der Waals surface area contributed by atoms with Crippen LogP contribution < -0.4 is 0 Å². The Kier molecular flexibility index (Phi) is 3.10. The summed E-state index contributed by atoms with van der Waals surface area (Å²) in [5.41, 5.74) is -5.41. The first-order valence-corrected chi connectivity index (χ1v) is 9.16. The maximum atomic E-state index is 13.3. The highest BCUT2D eigenvalue weighted by atomic mass is 16.7. The Hall–Kier alpha value is -1.01. The van der Waals surface area contributed by atoms with Crippen LogP contribution >= 0.6 is 0 Å². The third-order valence-electron chi connectivity index (χ3n) is 7.85. The van der Waals surface area contributed by atoms with Gasteiger partial charge in [-0.2, -0.15) is 0 Å². The van der Waals surface area contributed by atoms with Crippen LogP contribution in [-0.2, 0) is 9.53 Å². The molecule has 4 rings (SSSR count). The molecule has 3 aliphatic carbocycles. The highest BCUT2D eigenvalue weighted by molar-refractivity contribution is 6.06. The average molecular weight is 348 g/mol. The molecule has 138 valence electrons. The minimum absolute atomic E-state index is 0.0200. The lowest BCUT2D eigenvalue weighted by atomic mass is 9.40. The Bertz CT molecular complexity index is 711.